The van der Waals surface area contributed by atoms with Crippen molar-refractivity contribution in [2.45, 2.75) is 12.2 Å². The first-order chi connectivity index (χ1) is 14.6. The second kappa shape index (κ2) is 8.63. The zero-order chi connectivity index (χ0) is 21.1. The number of rotatable bonds is 7. The number of aromatic nitrogens is 2. The summed E-state index contributed by atoms with van der Waals surface area (Å²) in [5, 5.41) is 14.4. The Morgan fingerprint density at radius 2 is 1.87 bits per heavy atom. The molecule has 2 heterocycles. The molecule has 1 N–H and O–H groups in total. The minimum absolute atomic E-state index is 0.316. The largest absolute Gasteiger partial charge is 0.495 e. The molecule has 2 aromatic heterocycles. The molecule has 4 aromatic rings. The first-order valence-corrected chi connectivity index (χ1v) is 10.9. The molecule has 0 amide bonds. The van der Waals surface area contributed by atoms with E-state index in [0.717, 1.165) is 45.0 Å². The molecule has 2 aromatic carbocycles. The van der Waals surface area contributed by atoms with E-state index in [1.807, 2.05) is 59.4 Å². The first-order valence-electron chi connectivity index (χ1n) is 9.55. The van der Waals surface area contributed by atoms with Crippen LogP contribution in [0.2, 0.25) is 0 Å². The summed E-state index contributed by atoms with van der Waals surface area (Å²) in [7, 11) is 1.63. The maximum Gasteiger partial charge on any atom is 0.335 e. The number of aromatic carboxylic acids is 1. The number of carbonyl (C=O) groups is 1. The molecule has 0 spiro atoms. The fraction of sp³-hybridized carbons (Fsp3) is 0.167. The molecule has 30 heavy (non-hydrogen) atoms. The van der Waals surface area contributed by atoms with Crippen molar-refractivity contribution in [3.05, 3.63) is 89.1 Å². The number of carboxylic acids is 1. The molecule has 0 fully saturated rings. The molecule has 0 bridgehead atoms. The smallest absolute Gasteiger partial charge is 0.335 e. The molecule has 0 atom stereocenters. The lowest BCUT2D eigenvalue weighted by Gasteiger charge is -2.09. The molecule has 5 nitrogen and oxygen atoms in total. The van der Waals surface area contributed by atoms with E-state index in [2.05, 4.69) is 6.07 Å². The number of hydrogen-bond acceptors (Lipinski definition) is 4. The van der Waals surface area contributed by atoms with E-state index in [4.69, 9.17) is 9.84 Å². The topological polar surface area (TPSA) is 63.8 Å². The second-order valence-electron chi connectivity index (χ2n) is 7.05. The molecule has 0 aliphatic carbocycles. The van der Waals surface area contributed by atoms with Gasteiger partial charge in [-0.2, -0.15) is 16.9 Å². The molecule has 0 unspecified atom stereocenters. The fourth-order valence-corrected chi connectivity index (χ4v) is 4.15. The summed E-state index contributed by atoms with van der Waals surface area (Å²) >= 11 is 1.68. The van der Waals surface area contributed by atoms with E-state index in [1.54, 1.807) is 31.0 Å². The Balaban J connectivity index is 1.87. The SMILES string of the molecule is COc1ccc2c(Cc3cc(CSC)cc(C(=O)O)c3)c(-c3ccccc3)nn2c1. The molecule has 0 aliphatic heterocycles. The molecule has 0 aliphatic rings. The summed E-state index contributed by atoms with van der Waals surface area (Å²) in [4.78, 5) is 11.6. The fourth-order valence-electron chi connectivity index (χ4n) is 3.65. The van der Waals surface area contributed by atoms with Crippen LogP contribution < -0.4 is 4.74 Å². The van der Waals surface area contributed by atoms with Gasteiger partial charge in [0.25, 0.3) is 0 Å². The Morgan fingerprint density at radius 3 is 2.57 bits per heavy atom. The average Bonchev–Trinajstić information content (AvgIpc) is 3.12. The van der Waals surface area contributed by atoms with Gasteiger partial charge in [-0.3, -0.25) is 0 Å². The van der Waals surface area contributed by atoms with Gasteiger partial charge in [0, 0.05) is 23.3 Å². The summed E-state index contributed by atoms with van der Waals surface area (Å²) in [6, 6.07) is 19.5. The van der Waals surface area contributed by atoms with Crippen LogP contribution in [0.4, 0.5) is 0 Å². The molecule has 4 rings (SSSR count). The number of fused-ring (bicyclic) bond motifs is 1. The molecule has 152 valence electrons. The first kappa shape index (κ1) is 20.0. The number of pyridine rings is 1. The second-order valence-corrected chi connectivity index (χ2v) is 7.91. The van der Waals surface area contributed by atoms with E-state index in [1.165, 1.54) is 0 Å². The van der Waals surface area contributed by atoms with Crippen LogP contribution in [0.1, 0.15) is 27.0 Å². The third-order valence-electron chi connectivity index (χ3n) is 4.98. The van der Waals surface area contributed by atoms with E-state index in [0.29, 0.717) is 12.0 Å². The van der Waals surface area contributed by atoms with Gasteiger partial charge >= 0.3 is 5.97 Å². The monoisotopic (exact) mass is 418 g/mol. The predicted molar refractivity (Wildman–Crippen MR) is 121 cm³/mol. The molecular weight excluding hydrogens is 396 g/mol. The lowest BCUT2D eigenvalue weighted by Crippen LogP contribution is -2.01. The highest BCUT2D eigenvalue weighted by Crippen LogP contribution is 2.30. The van der Waals surface area contributed by atoms with Crippen molar-refractivity contribution < 1.29 is 14.6 Å². The van der Waals surface area contributed by atoms with Gasteiger partial charge in [0.2, 0.25) is 0 Å². The van der Waals surface area contributed by atoms with Crippen LogP contribution in [0.25, 0.3) is 16.8 Å². The number of ether oxygens (including phenoxy) is 1. The number of thioether (sulfide) groups is 1. The van der Waals surface area contributed by atoms with Crippen LogP contribution in [0.5, 0.6) is 5.75 Å². The summed E-state index contributed by atoms with van der Waals surface area (Å²) in [6.45, 7) is 0. The zero-order valence-electron chi connectivity index (χ0n) is 16.8. The van der Waals surface area contributed by atoms with Crippen molar-refractivity contribution in [3.63, 3.8) is 0 Å². The highest BCUT2D eigenvalue weighted by atomic mass is 32.2. The third kappa shape index (κ3) is 4.04. The van der Waals surface area contributed by atoms with Crippen LogP contribution in [0.15, 0.2) is 66.9 Å². The average molecular weight is 419 g/mol. The van der Waals surface area contributed by atoms with E-state index in [9.17, 15) is 9.90 Å². The van der Waals surface area contributed by atoms with Gasteiger partial charge in [0.15, 0.2) is 0 Å². The standard InChI is InChI=1S/C24H22N2O3S/c1-29-20-8-9-22-21(23(25-26(22)14-20)18-6-4-3-5-7-18)13-16-10-17(15-30-2)12-19(11-16)24(27)28/h3-12,14H,13,15H2,1-2H3,(H,27,28). The minimum Gasteiger partial charge on any atom is -0.495 e. The Hall–Kier alpha value is -3.25. The summed E-state index contributed by atoms with van der Waals surface area (Å²) in [5.41, 5.74) is 6.22. The van der Waals surface area contributed by atoms with Crippen LogP contribution in [-0.2, 0) is 12.2 Å². The van der Waals surface area contributed by atoms with Crippen molar-refractivity contribution in [2.24, 2.45) is 0 Å². The van der Waals surface area contributed by atoms with Gasteiger partial charge < -0.3 is 9.84 Å². The van der Waals surface area contributed by atoms with E-state index >= 15 is 0 Å². The van der Waals surface area contributed by atoms with Gasteiger partial charge in [-0.15, -0.1) is 0 Å². The van der Waals surface area contributed by atoms with Crippen molar-refractivity contribution in [1.82, 2.24) is 9.61 Å². The Morgan fingerprint density at radius 1 is 1.10 bits per heavy atom. The summed E-state index contributed by atoms with van der Waals surface area (Å²) in [6.07, 6.45) is 4.46. The Kier molecular flexibility index (Phi) is 5.77. The lowest BCUT2D eigenvalue weighted by atomic mass is 9.97. The molecular formula is C24H22N2O3S. The van der Waals surface area contributed by atoms with E-state index < -0.39 is 5.97 Å². The minimum atomic E-state index is -0.910. The zero-order valence-corrected chi connectivity index (χ0v) is 17.6. The van der Waals surface area contributed by atoms with Crippen LogP contribution in [0.3, 0.4) is 0 Å². The quantitative estimate of drug-likeness (QED) is 0.449. The van der Waals surface area contributed by atoms with Gasteiger partial charge in [-0.1, -0.05) is 36.4 Å². The number of carboxylic acid groups (broad SMARTS) is 1. The highest BCUT2D eigenvalue weighted by Gasteiger charge is 2.17. The molecule has 0 saturated heterocycles. The Bertz CT molecular complexity index is 1200. The predicted octanol–water partition coefficient (Wildman–Crippen LogP) is 5.16. The number of benzene rings is 2. The van der Waals surface area contributed by atoms with Crippen molar-refractivity contribution >= 4 is 23.2 Å². The molecule has 0 radical (unpaired) electrons. The van der Waals surface area contributed by atoms with Gasteiger partial charge in [-0.25, -0.2) is 9.31 Å². The van der Waals surface area contributed by atoms with Gasteiger partial charge in [0.05, 0.1) is 30.1 Å². The summed E-state index contributed by atoms with van der Waals surface area (Å²) in [5.74, 6) is 0.587. The van der Waals surface area contributed by atoms with Crippen LogP contribution in [-0.4, -0.2) is 34.1 Å². The van der Waals surface area contributed by atoms with Crippen molar-refractivity contribution in [3.8, 4) is 17.0 Å². The van der Waals surface area contributed by atoms with Gasteiger partial charge in [-0.05, 0) is 41.6 Å². The van der Waals surface area contributed by atoms with E-state index in [-0.39, 0.29) is 0 Å². The van der Waals surface area contributed by atoms with Crippen molar-refractivity contribution in [1.29, 1.82) is 0 Å². The van der Waals surface area contributed by atoms with Crippen molar-refractivity contribution in [2.75, 3.05) is 13.4 Å². The lowest BCUT2D eigenvalue weighted by molar-refractivity contribution is 0.0696. The highest BCUT2D eigenvalue weighted by molar-refractivity contribution is 7.97. The summed E-state index contributed by atoms with van der Waals surface area (Å²) < 4.78 is 7.19. The molecule has 0 saturated carbocycles. The van der Waals surface area contributed by atoms with Crippen LogP contribution >= 0.6 is 11.8 Å². The molecule has 6 heteroatoms. The number of hydrogen-bond donors (Lipinski definition) is 1. The number of nitrogens with zero attached hydrogens (tertiary/aromatic N) is 2. The Labute approximate surface area is 179 Å². The third-order valence-corrected chi connectivity index (χ3v) is 5.60. The maximum absolute atomic E-state index is 11.6. The van der Waals surface area contributed by atoms with Gasteiger partial charge in [0.1, 0.15) is 5.75 Å². The number of methoxy groups -OCH3 is 1. The maximum atomic E-state index is 11.6. The van der Waals surface area contributed by atoms with Crippen LogP contribution in [0, 0.1) is 0 Å². The normalized spacial score (nSPS) is 11.0.